The summed E-state index contributed by atoms with van der Waals surface area (Å²) in [4.78, 5) is 28.4. The van der Waals surface area contributed by atoms with E-state index in [4.69, 9.17) is 0 Å². The minimum Gasteiger partial charge on any atom is -0.352 e. The smallest absolute Gasteiger partial charge is 0.228 e. The molecule has 0 bridgehead atoms. The van der Waals surface area contributed by atoms with Crippen LogP contribution in [-0.2, 0) is 16.1 Å². The zero-order valence-electron chi connectivity index (χ0n) is 15.4. The number of piperidine rings is 1. The number of halogens is 1. The Kier molecular flexibility index (Phi) is 5.91. The molecule has 1 atom stereocenters. The summed E-state index contributed by atoms with van der Waals surface area (Å²) in [6.07, 6.45) is 3.26. The van der Waals surface area contributed by atoms with E-state index >= 15 is 0 Å². The van der Waals surface area contributed by atoms with E-state index in [9.17, 15) is 9.59 Å². The maximum absolute atomic E-state index is 12.7. The van der Waals surface area contributed by atoms with Crippen LogP contribution >= 0.6 is 27.3 Å². The van der Waals surface area contributed by atoms with Gasteiger partial charge in [-0.3, -0.25) is 14.5 Å². The molecule has 4 rings (SSSR count). The fourth-order valence-corrected chi connectivity index (χ4v) is 4.98. The molecule has 148 valence electrons. The summed E-state index contributed by atoms with van der Waals surface area (Å²) in [5.41, 5.74) is 1.06. The van der Waals surface area contributed by atoms with Crippen LogP contribution in [0.25, 0.3) is 0 Å². The number of benzene rings is 1. The third-order valence-corrected chi connectivity index (χ3v) is 6.96. The Morgan fingerprint density at radius 2 is 2.04 bits per heavy atom. The number of anilines is 2. The lowest BCUT2D eigenvalue weighted by Gasteiger charge is -2.31. The second kappa shape index (κ2) is 8.57. The van der Waals surface area contributed by atoms with Gasteiger partial charge in [-0.2, -0.15) is 0 Å². The molecule has 28 heavy (non-hydrogen) atoms. The SMILES string of the molecule is O=C(NCc1ccccc1Br)[C@@H]1CCCN(c2nnc(N3CCCC3=O)s2)C1. The van der Waals surface area contributed by atoms with Crippen LogP contribution in [0.2, 0.25) is 0 Å². The van der Waals surface area contributed by atoms with Crippen molar-refractivity contribution in [1.82, 2.24) is 15.5 Å². The summed E-state index contributed by atoms with van der Waals surface area (Å²) < 4.78 is 0.999. The third-order valence-electron chi connectivity index (χ3n) is 5.18. The minimum atomic E-state index is -0.0722. The average Bonchev–Trinajstić information content (AvgIpc) is 3.36. The molecule has 2 amide bonds. The van der Waals surface area contributed by atoms with E-state index in [2.05, 4.69) is 36.3 Å². The molecule has 0 saturated carbocycles. The lowest BCUT2D eigenvalue weighted by Crippen LogP contribution is -2.43. The van der Waals surface area contributed by atoms with E-state index in [1.54, 1.807) is 4.90 Å². The summed E-state index contributed by atoms with van der Waals surface area (Å²) in [7, 11) is 0. The van der Waals surface area contributed by atoms with Crippen LogP contribution in [0.15, 0.2) is 28.7 Å². The normalized spacial score (nSPS) is 19.9. The van der Waals surface area contributed by atoms with Crippen molar-refractivity contribution in [2.24, 2.45) is 5.92 Å². The van der Waals surface area contributed by atoms with E-state index in [0.717, 1.165) is 41.0 Å². The van der Waals surface area contributed by atoms with Crippen molar-refractivity contribution in [3.05, 3.63) is 34.3 Å². The number of amides is 2. The highest BCUT2D eigenvalue weighted by Gasteiger charge is 2.30. The van der Waals surface area contributed by atoms with Gasteiger partial charge < -0.3 is 10.2 Å². The zero-order chi connectivity index (χ0) is 19.5. The molecular formula is C19H22BrN5O2S. The van der Waals surface area contributed by atoms with Gasteiger partial charge in [0.25, 0.3) is 0 Å². The van der Waals surface area contributed by atoms with Gasteiger partial charge in [-0.15, -0.1) is 10.2 Å². The molecule has 1 N–H and O–H groups in total. The van der Waals surface area contributed by atoms with Gasteiger partial charge in [0.15, 0.2) is 0 Å². The molecule has 3 heterocycles. The van der Waals surface area contributed by atoms with E-state index < -0.39 is 0 Å². The van der Waals surface area contributed by atoms with E-state index in [1.165, 1.54) is 11.3 Å². The van der Waals surface area contributed by atoms with Gasteiger partial charge in [0.05, 0.1) is 5.92 Å². The van der Waals surface area contributed by atoms with Crippen LogP contribution in [0.5, 0.6) is 0 Å². The number of nitrogens with one attached hydrogen (secondary N) is 1. The predicted molar refractivity (Wildman–Crippen MR) is 112 cm³/mol. The van der Waals surface area contributed by atoms with Crippen LogP contribution < -0.4 is 15.1 Å². The summed E-state index contributed by atoms with van der Waals surface area (Å²) in [6, 6.07) is 7.90. The van der Waals surface area contributed by atoms with Gasteiger partial charge >= 0.3 is 0 Å². The molecule has 7 nitrogen and oxygen atoms in total. The highest BCUT2D eigenvalue weighted by molar-refractivity contribution is 9.10. The second-order valence-corrected chi connectivity index (χ2v) is 8.90. The first-order valence-corrected chi connectivity index (χ1v) is 11.1. The van der Waals surface area contributed by atoms with Gasteiger partial charge in [0.1, 0.15) is 0 Å². The van der Waals surface area contributed by atoms with E-state index in [0.29, 0.717) is 31.2 Å². The average molecular weight is 464 g/mol. The number of aromatic nitrogens is 2. The molecular weight excluding hydrogens is 442 g/mol. The van der Waals surface area contributed by atoms with Crippen molar-refractivity contribution in [3.8, 4) is 0 Å². The molecule has 2 saturated heterocycles. The van der Waals surface area contributed by atoms with Gasteiger partial charge in [0, 0.05) is 37.1 Å². The van der Waals surface area contributed by atoms with Crippen LogP contribution in [0, 0.1) is 5.92 Å². The van der Waals surface area contributed by atoms with Crippen LogP contribution in [0.3, 0.4) is 0 Å². The lowest BCUT2D eigenvalue weighted by molar-refractivity contribution is -0.125. The molecule has 2 aliphatic heterocycles. The molecule has 2 fully saturated rings. The molecule has 9 heteroatoms. The standard InChI is InChI=1S/C19H22BrN5O2S/c20-15-7-2-1-5-13(15)11-21-17(27)14-6-3-9-24(12-14)18-22-23-19(28-18)25-10-4-8-16(25)26/h1-2,5,7,14H,3-4,6,8-12H2,(H,21,27)/t14-/m1/s1. The maximum Gasteiger partial charge on any atom is 0.228 e. The number of rotatable bonds is 5. The minimum absolute atomic E-state index is 0.0694. The fraction of sp³-hybridized carbons (Fsp3) is 0.474. The monoisotopic (exact) mass is 463 g/mol. The molecule has 0 spiro atoms. The lowest BCUT2D eigenvalue weighted by atomic mass is 9.97. The van der Waals surface area contributed by atoms with Crippen LogP contribution in [0.1, 0.15) is 31.2 Å². The number of carbonyl (C=O) groups excluding carboxylic acids is 2. The van der Waals surface area contributed by atoms with Gasteiger partial charge in [-0.1, -0.05) is 45.5 Å². The Balaban J connectivity index is 1.36. The molecule has 0 unspecified atom stereocenters. The zero-order valence-corrected chi connectivity index (χ0v) is 17.8. The Bertz CT molecular complexity index is 874. The number of hydrogen-bond acceptors (Lipinski definition) is 6. The molecule has 1 aromatic heterocycles. The summed E-state index contributed by atoms with van der Waals surface area (Å²) in [6.45, 7) is 2.71. The second-order valence-electron chi connectivity index (χ2n) is 7.11. The first kappa shape index (κ1) is 19.3. The molecule has 2 aromatic rings. The Labute approximate surface area is 176 Å². The number of hydrogen-bond donors (Lipinski definition) is 1. The van der Waals surface area contributed by atoms with Crippen molar-refractivity contribution in [2.75, 3.05) is 29.4 Å². The highest BCUT2D eigenvalue weighted by atomic mass is 79.9. The van der Waals surface area contributed by atoms with E-state index in [1.807, 2.05) is 24.3 Å². The first-order chi connectivity index (χ1) is 13.6. The van der Waals surface area contributed by atoms with Gasteiger partial charge in [-0.05, 0) is 30.9 Å². The predicted octanol–water partition coefficient (Wildman–Crippen LogP) is 2.96. The van der Waals surface area contributed by atoms with Gasteiger partial charge in [-0.25, -0.2) is 0 Å². The largest absolute Gasteiger partial charge is 0.352 e. The summed E-state index contributed by atoms with van der Waals surface area (Å²) in [5, 5.41) is 13.0. The van der Waals surface area contributed by atoms with Crippen molar-refractivity contribution in [1.29, 1.82) is 0 Å². The van der Waals surface area contributed by atoms with Crippen molar-refractivity contribution in [3.63, 3.8) is 0 Å². The first-order valence-electron chi connectivity index (χ1n) is 9.52. The number of nitrogens with zero attached hydrogens (tertiary/aromatic N) is 4. The Hall–Kier alpha value is -2.00. The summed E-state index contributed by atoms with van der Waals surface area (Å²) in [5.74, 6) is 0.114. The Morgan fingerprint density at radius 3 is 2.82 bits per heavy atom. The van der Waals surface area contributed by atoms with Crippen molar-refractivity contribution >= 4 is 49.3 Å². The third kappa shape index (κ3) is 4.20. The van der Waals surface area contributed by atoms with Crippen LogP contribution in [0.4, 0.5) is 10.3 Å². The van der Waals surface area contributed by atoms with E-state index in [-0.39, 0.29) is 17.7 Å². The Morgan fingerprint density at radius 1 is 1.21 bits per heavy atom. The maximum atomic E-state index is 12.7. The molecule has 1 aromatic carbocycles. The molecule has 0 aliphatic carbocycles. The molecule has 2 aliphatic rings. The summed E-state index contributed by atoms with van der Waals surface area (Å²) >= 11 is 4.95. The quantitative estimate of drug-likeness (QED) is 0.737. The highest BCUT2D eigenvalue weighted by Crippen LogP contribution is 2.32. The molecule has 0 radical (unpaired) electrons. The van der Waals surface area contributed by atoms with Crippen molar-refractivity contribution in [2.45, 2.75) is 32.2 Å². The number of carbonyl (C=O) groups is 2. The topological polar surface area (TPSA) is 78.4 Å². The van der Waals surface area contributed by atoms with Crippen LogP contribution in [-0.4, -0.2) is 41.6 Å². The van der Waals surface area contributed by atoms with Crippen molar-refractivity contribution < 1.29 is 9.59 Å². The van der Waals surface area contributed by atoms with Gasteiger partial charge in [0.2, 0.25) is 22.1 Å². The fourth-order valence-electron chi connectivity index (χ4n) is 3.63.